The van der Waals surface area contributed by atoms with Crippen molar-refractivity contribution >= 4 is 38.9 Å². The van der Waals surface area contributed by atoms with Crippen LogP contribution in [0.1, 0.15) is 22.3 Å². The smallest absolute Gasteiger partial charge is 0.325 e. The molecule has 0 atom stereocenters. The van der Waals surface area contributed by atoms with E-state index in [1.54, 1.807) is 43.6 Å². The minimum atomic E-state index is -4.83. The van der Waals surface area contributed by atoms with Crippen molar-refractivity contribution in [1.82, 2.24) is 4.98 Å². The van der Waals surface area contributed by atoms with Gasteiger partial charge in [-0.2, -0.15) is 13.2 Å². The van der Waals surface area contributed by atoms with Gasteiger partial charge in [-0.25, -0.2) is 8.42 Å². The summed E-state index contributed by atoms with van der Waals surface area (Å²) in [6.45, 7) is 0.993. The van der Waals surface area contributed by atoms with Gasteiger partial charge in [0.05, 0.1) is 21.2 Å². The fraction of sp³-hybridized carbons (Fsp3) is 0.143. The van der Waals surface area contributed by atoms with Crippen LogP contribution < -0.4 is 9.62 Å². The highest BCUT2D eigenvalue weighted by atomic mass is 35.5. The molecule has 39 heavy (non-hydrogen) atoms. The standard InChI is InChI=1S/C28H23ClF3N3O3S/c1-19-2-9-24(10-3-19)39(37,38)35(23-8-11-26(29)25(17-23)28(30,31)32)18-27(36)34-22-6-4-20(5-7-22)16-21-12-14-33-15-13-21/h2-15,17H,16,18H2,1H3,(H,34,36). The first-order chi connectivity index (χ1) is 18.4. The van der Waals surface area contributed by atoms with Gasteiger partial charge in [0.2, 0.25) is 5.91 Å². The first kappa shape index (κ1) is 28.1. The van der Waals surface area contributed by atoms with Crippen LogP contribution in [0, 0.1) is 6.92 Å². The molecule has 1 heterocycles. The summed E-state index contributed by atoms with van der Waals surface area (Å²) >= 11 is 5.74. The number of benzene rings is 3. The van der Waals surface area contributed by atoms with Crippen LogP contribution in [0.4, 0.5) is 24.5 Å². The van der Waals surface area contributed by atoms with E-state index in [-0.39, 0.29) is 10.6 Å². The summed E-state index contributed by atoms with van der Waals surface area (Å²) in [4.78, 5) is 16.8. The minimum Gasteiger partial charge on any atom is -0.325 e. The van der Waals surface area contributed by atoms with E-state index in [2.05, 4.69) is 10.3 Å². The Bertz CT molecular complexity index is 1560. The summed E-state index contributed by atoms with van der Waals surface area (Å²) in [5.41, 5.74) is 1.66. The van der Waals surface area contributed by atoms with Crippen LogP contribution in [0.2, 0.25) is 5.02 Å². The lowest BCUT2D eigenvalue weighted by Gasteiger charge is -2.25. The Hall–Kier alpha value is -3.89. The number of pyridine rings is 1. The highest BCUT2D eigenvalue weighted by Crippen LogP contribution is 2.38. The van der Waals surface area contributed by atoms with Crippen LogP contribution in [0.25, 0.3) is 0 Å². The van der Waals surface area contributed by atoms with E-state index in [1.165, 1.54) is 12.1 Å². The number of alkyl halides is 3. The number of aromatic nitrogens is 1. The maximum atomic E-state index is 13.5. The van der Waals surface area contributed by atoms with E-state index >= 15 is 0 Å². The molecule has 6 nitrogen and oxygen atoms in total. The normalized spacial score (nSPS) is 11.7. The third-order valence-corrected chi connectivity index (χ3v) is 7.95. The van der Waals surface area contributed by atoms with Crippen LogP contribution >= 0.6 is 11.6 Å². The lowest BCUT2D eigenvalue weighted by Crippen LogP contribution is -2.38. The number of carbonyl (C=O) groups excluding carboxylic acids is 1. The molecule has 0 fully saturated rings. The molecule has 0 unspecified atom stereocenters. The second kappa shape index (κ2) is 11.5. The van der Waals surface area contributed by atoms with Gasteiger partial charge in [0.1, 0.15) is 6.54 Å². The average Bonchev–Trinajstić information content (AvgIpc) is 2.89. The number of rotatable bonds is 8. The number of anilines is 2. The third kappa shape index (κ3) is 6.96. The lowest BCUT2D eigenvalue weighted by molar-refractivity contribution is -0.137. The van der Waals surface area contributed by atoms with Gasteiger partial charge in [-0.3, -0.25) is 14.1 Å². The quantitative estimate of drug-likeness (QED) is 0.261. The number of hydrogen-bond acceptors (Lipinski definition) is 4. The number of sulfonamides is 1. The highest BCUT2D eigenvalue weighted by Gasteiger charge is 2.35. The lowest BCUT2D eigenvalue weighted by atomic mass is 10.1. The molecule has 0 spiro atoms. The van der Waals surface area contributed by atoms with Crippen molar-refractivity contribution in [2.45, 2.75) is 24.4 Å². The largest absolute Gasteiger partial charge is 0.417 e. The van der Waals surface area contributed by atoms with Crippen LogP contribution in [0.15, 0.2) is 96.2 Å². The second-order valence-corrected chi connectivity index (χ2v) is 11.0. The maximum absolute atomic E-state index is 13.5. The van der Waals surface area contributed by atoms with E-state index in [1.807, 2.05) is 24.3 Å². The van der Waals surface area contributed by atoms with Gasteiger partial charge in [-0.15, -0.1) is 0 Å². The van der Waals surface area contributed by atoms with Crippen molar-refractivity contribution in [3.63, 3.8) is 0 Å². The zero-order valence-electron chi connectivity index (χ0n) is 20.6. The predicted octanol–water partition coefficient (Wildman–Crippen LogP) is 6.49. The molecule has 202 valence electrons. The van der Waals surface area contributed by atoms with Crippen LogP contribution in [0.5, 0.6) is 0 Å². The SMILES string of the molecule is Cc1ccc(S(=O)(=O)N(CC(=O)Nc2ccc(Cc3ccncc3)cc2)c2ccc(Cl)c(C(F)(F)F)c2)cc1. The van der Waals surface area contributed by atoms with Crippen molar-refractivity contribution < 1.29 is 26.4 Å². The third-order valence-electron chi connectivity index (χ3n) is 5.83. The second-order valence-electron chi connectivity index (χ2n) is 8.76. The predicted molar refractivity (Wildman–Crippen MR) is 144 cm³/mol. The summed E-state index contributed by atoms with van der Waals surface area (Å²) < 4.78 is 68.3. The summed E-state index contributed by atoms with van der Waals surface area (Å²) in [6.07, 6.45) is -0.790. The molecule has 3 aromatic carbocycles. The number of nitrogens with one attached hydrogen (secondary N) is 1. The zero-order valence-corrected chi connectivity index (χ0v) is 22.2. The summed E-state index contributed by atoms with van der Waals surface area (Å²) in [7, 11) is -4.42. The number of halogens is 4. The Labute approximate surface area is 229 Å². The van der Waals surface area contributed by atoms with Crippen molar-refractivity contribution in [3.8, 4) is 0 Å². The number of aryl methyl sites for hydroxylation is 1. The molecule has 1 aromatic heterocycles. The first-order valence-electron chi connectivity index (χ1n) is 11.7. The summed E-state index contributed by atoms with van der Waals surface area (Å²) in [5.74, 6) is -0.740. The molecular weight excluding hydrogens is 551 g/mol. The zero-order chi connectivity index (χ0) is 28.2. The van der Waals surface area contributed by atoms with Gasteiger partial charge in [0.25, 0.3) is 10.0 Å². The van der Waals surface area contributed by atoms with Crippen LogP contribution in [0.3, 0.4) is 0 Å². The molecule has 0 aliphatic heterocycles. The van der Waals surface area contributed by atoms with E-state index < -0.39 is 39.2 Å². The Morgan fingerprint density at radius 3 is 2.15 bits per heavy atom. The molecule has 0 bridgehead atoms. The number of carbonyl (C=O) groups is 1. The average molecular weight is 574 g/mol. The highest BCUT2D eigenvalue weighted by molar-refractivity contribution is 7.92. The molecular formula is C28H23ClF3N3O3S. The Balaban J connectivity index is 1.61. The molecule has 4 aromatic rings. The Kier molecular flexibility index (Phi) is 8.27. The number of nitrogens with zero attached hydrogens (tertiary/aromatic N) is 2. The Morgan fingerprint density at radius 1 is 0.923 bits per heavy atom. The maximum Gasteiger partial charge on any atom is 0.417 e. The Morgan fingerprint density at radius 2 is 1.54 bits per heavy atom. The van der Waals surface area contributed by atoms with Gasteiger partial charge in [-0.1, -0.05) is 41.4 Å². The molecule has 0 saturated heterocycles. The van der Waals surface area contributed by atoms with E-state index in [0.717, 1.165) is 28.8 Å². The topological polar surface area (TPSA) is 79.4 Å². The number of hydrogen-bond donors (Lipinski definition) is 1. The van der Waals surface area contributed by atoms with Gasteiger partial charge >= 0.3 is 6.18 Å². The van der Waals surface area contributed by atoms with Crippen molar-refractivity contribution in [1.29, 1.82) is 0 Å². The van der Waals surface area contributed by atoms with Gasteiger partial charge in [0.15, 0.2) is 0 Å². The molecule has 11 heteroatoms. The monoisotopic (exact) mass is 573 g/mol. The fourth-order valence-electron chi connectivity index (χ4n) is 3.81. The first-order valence-corrected chi connectivity index (χ1v) is 13.5. The van der Waals surface area contributed by atoms with E-state index in [9.17, 15) is 26.4 Å². The summed E-state index contributed by atoms with van der Waals surface area (Å²) in [5, 5.41) is 2.03. The molecule has 1 N–H and O–H groups in total. The molecule has 0 aliphatic carbocycles. The molecule has 1 amide bonds. The van der Waals surface area contributed by atoms with Crippen molar-refractivity contribution in [2.75, 3.05) is 16.2 Å². The van der Waals surface area contributed by atoms with Crippen molar-refractivity contribution in [3.05, 3.63) is 119 Å². The van der Waals surface area contributed by atoms with Gasteiger partial charge < -0.3 is 5.32 Å². The van der Waals surface area contributed by atoms with Crippen LogP contribution in [-0.2, 0) is 27.4 Å². The minimum absolute atomic E-state index is 0.176. The van der Waals surface area contributed by atoms with Gasteiger partial charge in [0, 0.05) is 18.1 Å². The van der Waals surface area contributed by atoms with E-state index in [4.69, 9.17) is 11.6 Å². The molecule has 0 radical (unpaired) electrons. The number of amides is 1. The van der Waals surface area contributed by atoms with Crippen molar-refractivity contribution in [2.24, 2.45) is 0 Å². The van der Waals surface area contributed by atoms with Crippen LogP contribution in [-0.4, -0.2) is 25.9 Å². The summed E-state index contributed by atoms with van der Waals surface area (Å²) in [6, 6.07) is 19.2. The molecule has 4 rings (SSSR count). The molecule has 0 saturated carbocycles. The molecule has 0 aliphatic rings. The van der Waals surface area contributed by atoms with Gasteiger partial charge in [-0.05, 0) is 79.1 Å². The van der Waals surface area contributed by atoms with E-state index in [0.29, 0.717) is 22.5 Å². The fourth-order valence-corrected chi connectivity index (χ4v) is 5.45.